The highest BCUT2D eigenvalue weighted by Crippen LogP contribution is 2.39. The molecule has 0 radical (unpaired) electrons. The minimum Gasteiger partial charge on any atom is -0.310 e. The summed E-state index contributed by atoms with van der Waals surface area (Å²) >= 11 is 0. The molecule has 0 N–H and O–H groups in total. The van der Waals surface area contributed by atoms with E-state index in [9.17, 15) is 0 Å². The summed E-state index contributed by atoms with van der Waals surface area (Å²) < 4.78 is 0. The first-order valence-electron chi connectivity index (χ1n) is 29.8. The van der Waals surface area contributed by atoms with Crippen LogP contribution in [0, 0.1) is 13.8 Å². The lowest BCUT2D eigenvalue weighted by atomic mass is 9.97. The molecular formula is C74H88N2. The predicted molar refractivity (Wildman–Crippen MR) is 333 cm³/mol. The van der Waals surface area contributed by atoms with Crippen LogP contribution in [0.4, 0.5) is 34.1 Å². The summed E-state index contributed by atoms with van der Waals surface area (Å²) in [5, 5.41) is 0. The molecule has 0 aliphatic carbocycles. The summed E-state index contributed by atoms with van der Waals surface area (Å²) in [7, 11) is 0. The van der Waals surface area contributed by atoms with Gasteiger partial charge in [-0.2, -0.15) is 0 Å². The van der Waals surface area contributed by atoms with Crippen molar-refractivity contribution in [2.75, 3.05) is 9.80 Å². The molecule has 0 heterocycles. The SMILES string of the molecule is CCCCCCCCCCCCc1ccc(N(c2ccc(-c3ccc(-c4ccc(-c5ccc(N(c6ccc(CCCCCCCCCCCC)cc6)c6cccc(C)c6)cc5)cc4)cc3)cc2)c2cccc(C)c2)cc1. The van der Waals surface area contributed by atoms with Gasteiger partial charge in [-0.1, -0.05) is 251 Å². The zero-order chi connectivity index (χ0) is 52.6. The summed E-state index contributed by atoms with van der Waals surface area (Å²) in [4.78, 5) is 4.78. The average molecular weight is 1010 g/mol. The van der Waals surface area contributed by atoms with Crippen LogP contribution in [0.15, 0.2) is 194 Å². The van der Waals surface area contributed by atoms with Gasteiger partial charge in [-0.3, -0.25) is 0 Å². The zero-order valence-corrected chi connectivity index (χ0v) is 46.9. The molecule has 0 atom stereocenters. The highest BCUT2D eigenvalue weighted by molar-refractivity contribution is 5.81. The Bertz CT molecular complexity index is 2670. The Morgan fingerprint density at radius 1 is 0.237 bits per heavy atom. The molecule has 2 heteroatoms. The fourth-order valence-electron chi connectivity index (χ4n) is 11.0. The smallest absolute Gasteiger partial charge is 0.0464 e. The van der Waals surface area contributed by atoms with Crippen molar-refractivity contribution in [2.45, 2.75) is 169 Å². The van der Waals surface area contributed by atoms with Gasteiger partial charge in [0.15, 0.2) is 0 Å². The largest absolute Gasteiger partial charge is 0.310 e. The van der Waals surface area contributed by atoms with Gasteiger partial charge in [-0.25, -0.2) is 0 Å². The van der Waals surface area contributed by atoms with E-state index in [0.717, 1.165) is 24.2 Å². The van der Waals surface area contributed by atoms with Crippen molar-refractivity contribution in [1.82, 2.24) is 0 Å². The topological polar surface area (TPSA) is 6.48 Å². The lowest BCUT2D eigenvalue weighted by Crippen LogP contribution is -2.10. The Labute approximate surface area is 460 Å². The predicted octanol–water partition coefficient (Wildman–Crippen LogP) is 23.2. The number of anilines is 6. The van der Waals surface area contributed by atoms with E-state index in [0.29, 0.717) is 0 Å². The van der Waals surface area contributed by atoms with Crippen LogP contribution in [0.2, 0.25) is 0 Å². The molecule has 0 bridgehead atoms. The highest BCUT2D eigenvalue weighted by Gasteiger charge is 2.16. The van der Waals surface area contributed by atoms with Gasteiger partial charge in [0.05, 0.1) is 0 Å². The number of hydrogen-bond acceptors (Lipinski definition) is 2. The van der Waals surface area contributed by atoms with Crippen LogP contribution >= 0.6 is 0 Å². The van der Waals surface area contributed by atoms with Gasteiger partial charge in [0, 0.05) is 34.1 Å². The number of hydrogen-bond donors (Lipinski definition) is 0. The van der Waals surface area contributed by atoms with Crippen LogP contribution in [0.5, 0.6) is 0 Å². The van der Waals surface area contributed by atoms with Gasteiger partial charge >= 0.3 is 0 Å². The van der Waals surface area contributed by atoms with E-state index in [4.69, 9.17) is 0 Å². The molecule has 8 aromatic rings. The lowest BCUT2D eigenvalue weighted by Gasteiger charge is -2.26. The fourth-order valence-corrected chi connectivity index (χ4v) is 11.0. The molecule has 0 fully saturated rings. The van der Waals surface area contributed by atoms with Crippen molar-refractivity contribution in [3.63, 3.8) is 0 Å². The van der Waals surface area contributed by atoms with E-state index < -0.39 is 0 Å². The number of aryl methyl sites for hydroxylation is 4. The van der Waals surface area contributed by atoms with Gasteiger partial charge in [-0.05, 0) is 168 Å². The number of nitrogens with zero attached hydrogens (tertiary/aromatic N) is 2. The standard InChI is InChI=1S/C74H88N2/c1-5-7-9-11-13-15-17-19-21-23-29-61-33-49-69(50-34-61)75(73-31-25-27-59(3)57-73)71-53-45-67(46-54-71)65-41-37-63(38-42-65)64-39-43-66(44-40-64)68-47-55-72(56-48-68)76(74-32-26-28-60(4)58-74)70-51-35-62(36-52-70)30-24-22-20-18-16-14-12-10-8-6-2/h25-28,31-58H,5-24,29-30H2,1-4H3. The maximum Gasteiger partial charge on any atom is 0.0464 e. The van der Waals surface area contributed by atoms with Crippen molar-refractivity contribution >= 4 is 34.1 Å². The minimum absolute atomic E-state index is 1.15. The zero-order valence-electron chi connectivity index (χ0n) is 46.9. The maximum absolute atomic E-state index is 2.39. The van der Waals surface area contributed by atoms with E-state index in [-0.39, 0.29) is 0 Å². The molecule has 76 heavy (non-hydrogen) atoms. The normalized spacial score (nSPS) is 11.3. The van der Waals surface area contributed by atoms with Gasteiger partial charge in [0.1, 0.15) is 0 Å². The molecule has 2 nitrogen and oxygen atoms in total. The molecule has 0 saturated carbocycles. The Morgan fingerprint density at radius 3 is 0.737 bits per heavy atom. The summed E-state index contributed by atoms with van der Waals surface area (Å²) in [5.74, 6) is 0. The average Bonchev–Trinajstić information content (AvgIpc) is 3.46. The number of unbranched alkanes of at least 4 members (excludes halogenated alkanes) is 18. The van der Waals surface area contributed by atoms with Crippen LogP contribution in [0.25, 0.3) is 33.4 Å². The molecule has 0 saturated heterocycles. The molecular weight excluding hydrogens is 917 g/mol. The second-order valence-corrected chi connectivity index (χ2v) is 21.8. The van der Waals surface area contributed by atoms with Crippen molar-refractivity contribution in [3.8, 4) is 33.4 Å². The molecule has 8 rings (SSSR count). The molecule has 0 unspecified atom stereocenters. The first kappa shape index (κ1) is 55.6. The molecule has 8 aromatic carbocycles. The van der Waals surface area contributed by atoms with Crippen molar-refractivity contribution in [3.05, 3.63) is 216 Å². The van der Waals surface area contributed by atoms with Gasteiger partial charge < -0.3 is 9.80 Å². The van der Waals surface area contributed by atoms with Gasteiger partial charge in [0.25, 0.3) is 0 Å². The van der Waals surface area contributed by atoms with E-state index in [2.05, 4.69) is 232 Å². The second kappa shape index (κ2) is 30.2. The molecule has 0 spiro atoms. The Morgan fingerprint density at radius 2 is 0.474 bits per heavy atom. The summed E-state index contributed by atoms with van der Waals surface area (Å²) in [6.07, 6.45) is 29.7. The molecule has 0 aromatic heterocycles. The minimum atomic E-state index is 1.15. The number of benzene rings is 8. The van der Waals surface area contributed by atoms with Crippen LogP contribution in [-0.4, -0.2) is 0 Å². The summed E-state index contributed by atoms with van der Waals surface area (Å²) in [6.45, 7) is 8.95. The first-order chi connectivity index (χ1) is 37.4. The fraction of sp³-hybridized carbons (Fsp3) is 0.351. The van der Waals surface area contributed by atoms with Gasteiger partial charge in [0.2, 0.25) is 0 Å². The third-order valence-electron chi connectivity index (χ3n) is 15.6. The van der Waals surface area contributed by atoms with Crippen LogP contribution in [0.3, 0.4) is 0 Å². The Kier molecular flexibility index (Phi) is 22.1. The third kappa shape index (κ3) is 16.7. The van der Waals surface area contributed by atoms with Crippen molar-refractivity contribution in [2.24, 2.45) is 0 Å². The van der Waals surface area contributed by atoms with Crippen LogP contribution < -0.4 is 9.80 Å². The first-order valence-corrected chi connectivity index (χ1v) is 29.8. The molecule has 0 aliphatic heterocycles. The monoisotopic (exact) mass is 1000 g/mol. The highest BCUT2D eigenvalue weighted by atomic mass is 15.1. The summed E-state index contributed by atoms with van der Waals surface area (Å²) in [5.41, 5.74) is 19.7. The summed E-state index contributed by atoms with van der Waals surface area (Å²) in [6, 6.07) is 72.5. The lowest BCUT2D eigenvalue weighted by molar-refractivity contribution is 0.556. The van der Waals surface area contributed by atoms with Crippen molar-refractivity contribution in [1.29, 1.82) is 0 Å². The maximum atomic E-state index is 2.39. The third-order valence-corrected chi connectivity index (χ3v) is 15.6. The van der Waals surface area contributed by atoms with E-state index in [1.807, 2.05) is 0 Å². The van der Waals surface area contributed by atoms with E-state index in [1.165, 1.54) is 207 Å². The van der Waals surface area contributed by atoms with E-state index in [1.54, 1.807) is 0 Å². The quantitative estimate of drug-likeness (QED) is 0.0400. The van der Waals surface area contributed by atoms with Crippen molar-refractivity contribution < 1.29 is 0 Å². The molecule has 394 valence electrons. The molecule has 0 amide bonds. The Hall–Kier alpha value is -6.64. The van der Waals surface area contributed by atoms with E-state index >= 15 is 0 Å². The molecule has 0 aliphatic rings. The Balaban J connectivity index is 0.869. The second-order valence-electron chi connectivity index (χ2n) is 21.8. The van der Waals surface area contributed by atoms with Gasteiger partial charge in [-0.15, -0.1) is 0 Å². The van der Waals surface area contributed by atoms with Crippen LogP contribution in [0.1, 0.15) is 165 Å². The number of rotatable bonds is 31. The van der Waals surface area contributed by atoms with Crippen LogP contribution in [-0.2, 0) is 12.8 Å².